The van der Waals surface area contributed by atoms with E-state index in [-0.39, 0.29) is 17.7 Å². The van der Waals surface area contributed by atoms with Crippen LogP contribution in [0.5, 0.6) is 0 Å². The quantitative estimate of drug-likeness (QED) is 0.163. The summed E-state index contributed by atoms with van der Waals surface area (Å²) in [6.07, 6.45) is 0. The molecule has 3 aromatic heterocycles. The molecule has 14 rings (SSSR count). The largest absolute Gasteiger partial charge is 0.455 e. The molecule has 294 valence electrons. The molecule has 0 bridgehead atoms. The Labute approximate surface area is 359 Å². The van der Waals surface area contributed by atoms with Gasteiger partial charge in [-0.05, 0) is 86.1 Å². The number of anilines is 3. The van der Waals surface area contributed by atoms with Crippen LogP contribution in [0, 0.1) is 0 Å². The molecule has 11 aromatic rings. The minimum absolute atomic E-state index is 0.0433. The molecule has 0 saturated carbocycles. The van der Waals surface area contributed by atoms with Crippen molar-refractivity contribution in [2.24, 2.45) is 0 Å². The van der Waals surface area contributed by atoms with Gasteiger partial charge in [0.2, 0.25) is 0 Å². The summed E-state index contributed by atoms with van der Waals surface area (Å²) in [5.74, 6) is 0. The average Bonchev–Trinajstić information content (AvgIpc) is 4.01. The lowest BCUT2D eigenvalue weighted by atomic mass is 9.43. The molecule has 0 N–H and O–H groups in total. The molecular formula is C57H41BN2O2. The molecule has 3 aliphatic rings. The average molecular weight is 797 g/mol. The second kappa shape index (κ2) is 11.6. The Morgan fingerprint density at radius 3 is 2.02 bits per heavy atom. The van der Waals surface area contributed by atoms with E-state index in [1.165, 1.54) is 72.0 Å². The minimum Gasteiger partial charge on any atom is -0.455 e. The summed E-state index contributed by atoms with van der Waals surface area (Å²) in [5, 5.41) is 5.73. The first-order chi connectivity index (χ1) is 30.2. The van der Waals surface area contributed by atoms with Gasteiger partial charge in [-0.2, -0.15) is 0 Å². The van der Waals surface area contributed by atoms with Crippen LogP contribution in [0.2, 0.25) is 0 Å². The predicted octanol–water partition coefficient (Wildman–Crippen LogP) is 14.1. The van der Waals surface area contributed by atoms with Crippen LogP contribution < -0.4 is 15.8 Å². The van der Waals surface area contributed by atoms with Crippen LogP contribution in [0.1, 0.15) is 51.3 Å². The van der Waals surface area contributed by atoms with Gasteiger partial charge in [0.25, 0.3) is 0 Å². The van der Waals surface area contributed by atoms with E-state index in [2.05, 4.69) is 202 Å². The van der Waals surface area contributed by atoms with E-state index in [9.17, 15) is 0 Å². The van der Waals surface area contributed by atoms with Gasteiger partial charge in [0.15, 0.2) is 5.71 Å². The number of fused-ring (bicyclic) bond motifs is 17. The van der Waals surface area contributed by atoms with Crippen LogP contribution in [-0.2, 0) is 10.8 Å². The van der Waals surface area contributed by atoms with Crippen molar-refractivity contribution in [3.63, 3.8) is 0 Å². The molecule has 5 heterocycles. The molecule has 4 nitrogen and oxygen atoms in total. The van der Waals surface area contributed by atoms with Crippen LogP contribution >= 0.6 is 0 Å². The molecule has 0 amide bonds. The summed E-state index contributed by atoms with van der Waals surface area (Å²) < 4.78 is 16.8. The highest BCUT2D eigenvalue weighted by atomic mass is 16.3. The predicted molar refractivity (Wildman–Crippen MR) is 259 cm³/mol. The fourth-order valence-corrected chi connectivity index (χ4v) is 11.7. The third-order valence-corrected chi connectivity index (χ3v) is 14.5. The molecule has 0 atom stereocenters. The van der Waals surface area contributed by atoms with E-state index in [1.807, 2.05) is 0 Å². The molecule has 0 fully saturated rings. The topological polar surface area (TPSA) is 34.5 Å². The van der Waals surface area contributed by atoms with Gasteiger partial charge >= 0.3 is 6.85 Å². The first-order valence-electron chi connectivity index (χ1n) is 21.9. The van der Waals surface area contributed by atoms with Crippen molar-refractivity contribution in [1.29, 1.82) is 0 Å². The number of rotatable bonds is 2. The first kappa shape index (κ1) is 34.5. The summed E-state index contributed by atoms with van der Waals surface area (Å²) in [5.41, 5.74) is 21.9. The Morgan fingerprint density at radius 2 is 1.19 bits per heavy atom. The maximum Gasteiger partial charge on any atom is 0.336 e. The molecule has 0 unspecified atom stereocenters. The van der Waals surface area contributed by atoms with E-state index in [0.29, 0.717) is 0 Å². The minimum atomic E-state index is -0.231. The summed E-state index contributed by atoms with van der Waals surface area (Å²) in [4.78, 5) is 2.60. The highest BCUT2D eigenvalue weighted by Crippen LogP contribution is 2.55. The lowest BCUT2D eigenvalue weighted by Gasteiger charge is -2.42. The summed E-state index contributed by atoms with van der Waals surface area (Å²) in [6, 6.07) is 58.3. The fraction of sp³-hybridized carbons (Fsp3) is 0.123. The van der Waals surface area contributed by atoms with Gasteiger partial charge in [0.05, 0.1) is 11.1 Å². The third kappa shape index (κ3) is 4.19. The zero-order valence-corrected chi connectivity index (χ0v) is 35.3. The number of hydrogen-bond donors (Lipinski definition) is 0. The molecular weight excluding hydrogens is 755 g/mol. The van der Waals surface area contributed by atoms with Crippen molar-refractivity contribution in [2.75, 3.05) is 4.90 Å². The van der Waals surface area contributed by atoms with Crippen molar-refractivity contribution in [1.82, 2.24) is 4.48 Å². The maximum atomic E-state index is 7.10. The smallest absolute Gasteiger partial charge is 0.336 e. The molecule has 2 aliphatic heterocycles. The molecule has 0 radical (unpaired) electrons. The molecule has 8 aromatic carbocycles. The molecule has 0 saturated heterocycles. The molecule has 62 heavy (non-hydrogen) atoms. The van der Waals surface area contributed by atoms with Crippen molar-refractivity contribution < 1.29 is 8.83 Å². The number of furan rings is 2. The molecule has 1 aliphatic carbocycles. The second-order valence-electron chi connectivity index (χ2n) is 19.2. The fourth-order valence-electron chi connectivity index (χ4n) is 11.7. The van der Waals surface area contributed by atoms with Crippen molar-refractivity contribution >= 4 is 89.7 Å². The number of aromatic nitrogens is 1. The number of hydrogen-bond acceptors (Lipinski definition) is 3. The maximum absolute atomic E-state index is 7.10. The van der Waals surface area contributed by atoms with Gasteiger partial charge in [0.1, 0.15) is 16.7 Å². The Morgan fingerprint density at radius 1 is 0.516 bits per heavy atom. The third-order valence-electron chi connectivity index (χ3n) is 14.5. The number of benzene rings is 8. The van der Waals surface area contributed by atoms with Crippen molar-refractivity contribution in [3.8, 4) is 33.4 Å². The lowest BCUT2D eigenvalue weighted by molar-refractivity contribution is 0.590. The number of nitrogens with zero attached hydrogens (tertiary/aromatic N) is 2. The Bertz CT molecular complexity index is 3780. The zero-order chi connectivity index (χ0) is 41.4. The standard InChI is InChI=1S/C57H41BN2O2/c1-56(2,3)33-26-28-43(39(30-33)32-16-7-6-8-17-32)59-44-29-27-42-49(35-19-9-12-23-41(35)57(42,4)5)51(44)58-52-45(59)31-40-34-18-10-13-24-46(34)61-54(40)50(52)38-22-15-21-37-48-36-20-11-14-25-47(36)62-55(48)60(58)53(37)38/h6-31H,1-5H3. The van der Waals surface area contributed by atoms with Crippen LogP contribution in [-0.4, -0.2) is 11.3 Å². The zero-order valence-electron chi connectivity index (χ0n) is 35.3. The lowest BCUT2D eigenvalue weighted by Crippen LogP contribution is -2.57. The van der Waals surface area contributed by atoms with Crippen molar-refractivity contribution in [3.05, 3.63) is 174 Å². The van der Waals surface area contributed by atoms with E-state index in [0.717, 1.165) is 60.9 Å². The van der Waals surface area contributed by atoms with Crippen LogP contribution in [0.4, 0.5) is 17.1 Å². The van der Waals surface area contributed by atoms with Gasteiger partial charge in [-0.3, -0.25) is 0 Å². The van der Waals surface area contributed by atoms with E-state index < -0.39 is 0 Å². The van der Waals surface area contributed by atoms with E-state index in [4.69, 9.17) is 8.83 Å². The van der Waals surface area contributed by atoms with Crippen LogP contribution in [0.25, 0.3) is 88.3 Å². The Hall–Kier alpha value is -7.24. The Kier molecular flexibility index (Phi) is 6.43. The van der Waals surface area contributed by atoms with Gasteiger partial charge in [-0.15, -0.1) is 0 Å². The van der Waals surface area contributed by atoms with E-state index in [1.54, 1.807) is 0 Å². The van der Waals surface area contributed by atoms with Gasteiger partial charge in [0, 0.05) is 60.5 Å². The SMILES string of the molecule is CC(C)(C)c1ccc(N2c3ccc4c(c3B3c5c2cc2c(oc6ccccc62)c5-c2cccc5c6c7ccccc7oc6n3c25)-c2ccccc2C4(C)C)c(-c2ccccc2)c1. The second-order valence-corrected chi connectivity index (χ2v) is 19.2. The molecule has 5 heteroatoms. The number of para-hydroxylation sites is 3. The van der Waals surface area contributed by atoms with Crippen LogP contribution in [0.3, 0.4) is 0 Å². The van der Waals surface area contributed by atoms with Gasteiger partial charge < -0.3 is 18.2 Å². The first-order valence-corrected chi connectivity index (χ1v) is 21.9. The van der Waals surface area contributed by atoms with Crippen molar-refractivity contribution in [2.45, 2.75) is 45.4 Å². The summed E-state index contributed by atoms with van der Waals surface area (Å²) >= 11 is 0. The monoisotopic (exact) mass is 796 g/mol. The summed E-state index contributed by atoms with van der Waals surface area (Å²) in [7, 11) is 0. The van der Waals surface area contributed by atoms with E-state index >= 15 is 0 Å². The molecule has 0 spiro atoms. The van der Waals surface area contributed by atoms with Gasteiger partial charge in [-0.1, -0.05) is 156 Å². The normalized spacial score (nSPS) is 14.6. The highest BCUT2D eigenvalue weighted by molar-refractivity contribution is 6.91. The summed E-state index contributed by atoms with van der Waals surface area (Å²) in [6.45, 7) is 11.5. The Balaban J connectivity index is 1.22. The van der Waals surface area contributed by atoms with Gasteiger partial charge in [-0.25, -0.2) is 0 Å². The highest BCUT2D eigenvalue weighted by Gasteiger charge is 2.49. The van der Waals surface area contributed by atoms with Crippen LogP contribution in [0.15, 0.2) is 167 Å².